The highest BCUT2D eigenvalue weighted by molar-refractivity contribution is 7.89. The van der Waals surface area contributed by atoms with Crippen molar-refractivity contribution in [2.24, 2.45) is 0 Å². The normalized spacial score (nSPS) is 11.7. The number of aromatic nitrogens is 1. The molecule has 0 saturated carbocycles. The average Bonchev–Trinajstić information content (AvgIpc) is 2.40. The molecule has 0 aliphatic carbocycles. The van der Waals surface area contributed by atoms with Crippen molar-refractivity contribution < 1.29 is 13.2 Å². The molecule has 0 saturated heterocycles. The Bertz CT molecular complexity index is 460. The van der Waals surface area contributed by atoms with E-state index >= 15 is 0 Å². The lowest BCUT2D eigenvalue weighted by Gasteiger charge is -2.07. The minimum atomic E-state index is -3.54. The smallest absolute Gasteiger partial charge is 0.258 e. The number of nitrogens with zero attached hydrogens (tertiary/aromatic N) is 1. The van der Waals surface area contributed by atoms with Crippen LogP contribution in [0.15, 0.2) is 23.4 Å². The number of sulfonamides is 1. The number of methoxy groups -OCH3 is 1. The zero-order valence-electron chi connectivity index (χ0n) is 11.3. The van der Waals surface area contributed by atoms with Gasteiger partial charge in [-0.25, -0.2) is 18.1 Å². The van der Waals surface area contributed by atoms with Gasteiger partial charge in [-0.2, -0.15) is 0 Å². The third-order valence-electron chi connectivity index (χ3n) is 2.43. The van der Waals surface area contributed by atoms with Crippen molar-refractivity contribution in [3.63, 3.8) is 0 Å². The van der Waals surface area contributed by atoms with E-state index in [2.05, 4.69) is 21.9 Å². The van der Waals surface area contributed by atoms with Crippen molar-refractivity contribution in [1.82, 2.24) is 15.0 Å². The quantitative estimate of drug-likeness (QED) is 0.647. The van der Waals surface area contributed by atoms with Crippen molar-refractivity contribution >= 4 is 10.0 Å². The fraction of sp³-hybridized carbons (Fsp3) is 0.583. The second-order valence-corrected chi connectivity index (χ2v) is 5.79. The van der Waals surface area contributed by atoms with Gasteiger partial charge in [0.1, 0.15) is 0 Å². The first-order chi connectivity index (χ1) is 9.10. The first kappa shape index (κ1) is 16.0. The molecule has 19 heavy (non-hydrogen) atoms. The van der Waals surface area contributed by atoms with E-state index in [1.54, 1.807) is 12.3 Å². The molecular weight excluding hydrogens is 266 g/mol. The molecule has 0 amide bonds. The summed E-state index contributed by atoms with van der Waals surface area (Å²) in [6, 6.07) is 3.28. The molecule has 108 valence electrons. The van der Waals surface area contributed by atoms with Gasteiger partial charge in [0.15, 0.2) is 5.03 Å². The monoisotopic (exact) mass is 287 g/mol. The Morgan fingerprint density at radius 2 is 2.11 bits per heavy atom. The first-order valence-electron chi connectivity index (χ1n) is 6.24. The average molecular weight is 287 g/mol. The Labute approximate surface area is 114 Å². The largest absolute Gasteiger partial charge is 0.383 e. The molecule has 0 aliphatic heterocycles. The minimum Gasteiger partial charge on any atom is -0.383 e. The summed E-state index contributed by atoms with van der Waals surface area (Å²) in [7, 11) is -2.02. The van der Waals surface area contributed by atoms with Gasteiger partial charge in [-0.1, -0.05) is 13.0 Å². The highest BCUT2D eigenvalue weighted by Crippen LogP contribution is 2.06. The Morgan fingerprint density at radius 3 is 2.68 bits per heavy atom. The number of hydrogen-bond acceptors (Lipinski definition) is 5. The van der Waals surface area contributed by atoms with Crippen LogP contribution in [0.1, 0.15) is 18.9 Å². The third kappa shape index (κ3) is 5.65. The summed E-state index contributed by atoms with van der Waals surface area (Å²) in [6.45, 7) is 4.28. The first-order valence-corrected chi connectivity index (χ1v) is 7.72. The lowest BCUT2D eigenvalue weighted by molar-refractivity contribution is 0.204. The van der Waals surface area contributed by atoms with Gasteiger partial charge >= 0.3 is 0 Å². The Balaban J connectivity index is 2.59. The van der Waals surface area contributed by atoms with E-state index in [1.807, 2.05) is 0 Å². The third-order valence-corrected chi connectivity index (χ3v) is 3.80. The molecule has 0 aliphatic rings. The number of nitrogens with one attached hydrogen (secondary N) is 2. The number of rotatable bonds is 9. The van der Waals surface area contributed by atoms with Gasteiger partial charge < -0.3 is 10.1 Å². The highest BCUT2D eigenvalue weighted by Gasteiger charge is 2.14. The molecule has 0 unspecified atom stereocenters. The summed E-state index contributed by atoms with van der Waals surface area (Å²) in [5, 5.41) is 3.26. The van der Waals surface area contributed by atoms with E-state index in [4.69, 9.17) is 4.74 Å². The van der Waals surface area contributed by atoms with E-state index in [0.717, 1.165) is 18.5 Å². The van der Waals surface area contributed by atoms with Crippen LogP contribution in [0.5, 0.6) is 0 Å². The van der Waals surface area contributed by atoms with Gasteiger partial charge in [0.05, 0.1) is 6.61 Å². The van der Waals surface area contributed by atoms with Crippen molar-refractivity contribution in [2.45, 2.75) is 24.9 Å². The van der Waals surface area contributed by atoms with Crippen LogP contribution in [0.2, 0.25) is 0 Å². The molecule has 0 aromatic carbocycles. The van der Waals surface area contributed by atoms with Crippen molar-refractivity contribution in [2.75, 3.05) is 26.8 Å². The van der Waals surface area contributed by atoms with Crippen LogP contribution in [-0.4, -0.2) is 40.2 Å². The van der Waals surface area contributed by atoms with Crippen molar-refractivity contribution in [3.8, 4) is 0 Å². The number of pyridine rings is 1. The van der Waals surface area contributed by atoms with E-state index in [-0.39, 0.29) is 11.6 Å². The van der Waals surface area contributed by atoms with Gasteiger partial charge in [-0.15, -0.1) is 0 Å². The molecule has 1 rings (SSSR count). The second-order valence-electron chi connectivity index (χ2n) is 4.07. The van der Waals surface area contributed by atoms with E-state index in [1.165, 1.54) is 13.2 Å². The van der Waals surface area contributed by atoms with Gasteiger partial charge in [-0.05, 0) is 24.6 Å². The molecule has 1 aromatic rings. The summed E-state index contributed by atoms with van der Waals surface area (Å²) in [4.78, 5) is 3.98. The van der Waals surface area contributed by atoms with Crippen LogP contribution in [0, 0.1) is 0 Å². The predicted molar refractivity (Wildman–Crippen MR) is 73.3 cm³/mol. The number of ether oxygens (including phenoxy) is 1. The van der Waals surface area contributed by atoms with Crippen molar-refractivity contribution in [3.05, 3.63) is 23.9 Å². The molecule has 1 heterocycles. The van der Waals surface area contributed by atoms with Crippen LogP contribution in [0.4, 0.5) is 0 Å². The fourth-order valence-electron chi connectivity index (χ4n) is 1.44. The summed E-state index contributed by atoms with van der Waals surface area (Å²) in [6.07, 6.45) is 2.64. The standard InChI is InChI=1S/C12H21N3O3S/c1-3-6-13-9-11-4-5-12(14-10-11)19(16,17)15-7-8-18-2/h4-5,10,13,15H,3,6-9H2,1-2H3. The highest BCUT2D eigenvalue weighted by atomic mass is 32.2. The molecule has 0 bridgehead atoms. The lowest BCUT2D eigenvalue weighted by Crippen LogP contribution is -2.28. The maximum absolute atomic E-state index is 11.8. The maximum atomic E-state index is 11.8. The molecule has 0 fully saturated rings. The van der Waals surface area contributed by atoms with Gasteiger partial charge in [0, 0.05) is 26.4 Å². The van der Waals surface area contributed by atoms with Gasteiger partial charge in [0.2, 0.25) is 0 Å². The van der Waals surface area contributed by atoms with Gasteiger partial charge in [0.25, 0.3) is 10.0 Å². The maximum Gasteiger partial charge on any atom is 0.258 e. The molecule has 1 aromatic heterocycles. The lowest BCUT2D eigenvalue weighted by atomic mass is 10.3. The summed E-state index contributed by atoms with van der Waals surface area (Å²) < 4.78 is 30.9. The van der Waals surface area contributed by atoms with E-state index in [0.29, 0.717) is 13.2 Å². The van der Waals surface area contributed by atoms with Crippen LogP contribution < -0.4 is 10.0 Å². The topological polar surface area (TPSA) is 80.3 Å². The summed E-state index contributed by atoms with van der Waals surface area (Å²) in [5.74, 6) is 0. The van der Waals surface area contributed by atoms with E-state index < -0.39 is 10.0 Å². The predicted octanol–water partition coefficient (Wildman–Crippen LogP) is 0.506. The second kappa shape index (κ2) is 8.21. The fourth-order valence-corrected chi connectivity index (χ4v) is 2.37. The SMILES string of the molecule is CCCNCc1ccc(S(=O)(=O)NCCOC)nc1. The molecule has 0 atom stereocenters. The summed E-state index contributed by atoms with van der Waals surface area (Å²) >= 11 is 0. The Kier molecular flexibility index (Phi) is 6.93. The van der Waals surface area contributed by atoms with Gasteiger partial charge in [-0.3, -0.25) is 0 Å². The molecule has 2 N–H and O–H groups in total. The Morgan fingerprint density at radius 1 is 1.32 bits per heavy atom. The zero-order valence-corrected chi connectivity index (χ0v) is 12.2. The van der Waals surface area contributed by atoms with Crippen LogP contribution in [0.3, 0.4) is 0 Å². The molecule has 7 heteroatoms. The molecule has 0 spiro atoms. The van der Waals surface area contributed by atoms with Crippen molar-refractivity contribution in [1.29, 1.82) is 0 Å². The Hall–Kier alpha value is -1.02. The molecular formula is C12H21N3O3S. The zero-order chi connectivity index (χ0) is 14.1. The van der Waals surface area contributed by atoms with Crippen LogP contribution >= 0.6 is 0 Å². The van der Waals surface area contributed by atoms with Crippen LogP contribution in [-0.2, 0) is 21.3 Å². The molecule has 0 radical (unpaired) electrons. The van der Waals surface area contributed by atoms with Crippen LogP contribution in [0.25, 0.3) is 0 Å². The number of hydrogen-bond donors (Lipinski definition) is 2. The molecule has 6 nitrogen and oxygen atoms in total. The van der Waals surface area contributed by atoms with E-state index in [9.17, 15) is 8.42 Å². The minimum absolute atomic E-state index is 0.0304. The summed E-state index contributed by atoms with van der Waals surface area (Å²) in [5.41, 5.74) is 0.962.